The molecule has 2 rings (SSSR count). The number of ether oxygens (including phenoxy) is 1. The van der Waals surface area contributed by atoms with Crippen molar-refractivity contribution >= 4 is 0 Å². The van der Waals surface area contributed by atoms with Crippen LogP contribution in [0.2, 0.25) is 0 Å². The molecule has 1 N–H and O–H groups in total. The third kappa shape index (κ3) is 4.63. The second kappa shape index (κ2) is 8.80. The zero-order valence-corrected chi connectivity index (χ0v) is 13.9. The van der Waals surface area contributed by atoms with Gasteiger partial charge in [0.15, 0.2) is 0 Å². The molecule has 1 atom stereocenters. The normalized spacial score (nSPS) is 12.3. The summed E-state index contributed by atoms with van der Waals surface area (Å²) in [5.74, 6) is -0.285. The number of benzene rings is 2. The maximum atomic E-state index is 14.4. The Morgan fingerprint density at radius 1 is 1.13 bits per heavy atom. The minimum atomic E-state index is -0.664. The molecule has 1 unspecified atom stereocenters. The molecule has 0 aliphatic rings. The molecule has 0 aliphatic carbocycles. The third-order valence-corrected chi connectivity index (χ3v) is 4.10. The highest BCUT2D eigenvalue weighted by atomic mass is 19.1. The topological polar surface area (TPSA) is 29.5 Å². The molecule has 23 heavy (non-hydrogen) atoms. The van der Waals surface area contributed by atoms with Gasteiger partial charge in [-0.05, 0) is 48.4 Å². The van der Waals surface area contributed by atoms with Gasteiger partial charge in [-0.25, -0.2) is 4.39 Å². The van der Waals surface area contributed by atoms with Gasteiger partial charge in [0.25, 0.3) is 0 Å². The van der Waals surface area contributed by atoms with E-state index in [0.717, 1.165) is 30.4 Å². The highest BCUT2D eigenvalue weighted by Gasteiger charge is 2.17. The minimum absolute atomic E-state index is 0.285. The predicted molar refractivity (Wildman–Crippen MR) is 91.9 cm³/mol. The number of hydrogen-bond acceptors (Lipinski definition) is 2. The molecule has 0 fully saturated rings. The largest absolute Gasteiger partial charge is 0.388 e. The molecule has 0 spiro atoms. The summed E-state index contributed by atoms with van der Waals surface area (Å²) < 4.78 is 19.5. The third-order valence-electron chi connectivity index (χ3n) is 4.10. The van der Waals surface area contributed by atoms with Crippen molar-refractivity contribution in [2.75, 3.05) is 13.7 Å². The van der Waals surface area contributed by atoms with E-state index in [9.17, 15) is 9.50 Å². The first-order valence-electron chi connectivity index (χ1n) is 8.22. The summed E-state index contributed by atoms with van der Waals surface area (Å²) in [6, 6.07) is 12.8. The van der Waals surface area contributed by atoms with E-state index in [1.54, 1.807) is 13.2 Å². The fourth-order valence-corrected chi connectivity index (χ4v) is 2.81. The molecule has 0 amide bonds. The van der Waals surface area contributed by atoms with Crippen LogP contribution in [-0.2, 0) is 11.2 Å². The van der Waals surface area contributed by atoms with E-state index in [1.165, 1.54) is 6.07 Å². The van der Waals surface area contributed by atoms with Gasteiger partial charge in [0.05, 0.1) is 6.10 Å². The summed E-state index contributed by atoms with van der Waals surface area (Å²) in [4.78, 5) is 0. The lowest BCUT2D eigenvalue weighted by Gasteiger charge is -2.17. The molecule has 0 saturated carbocycles. The Bertz CT molecular complexity index is 625. The van der Waals surface area contributed by atoms with Crippen LogP contribution in [0.1, 0.15) is 43.4 Å². The molecule has 124 valence electrons. The average Bonchev–Trinajstić information content (AvgIpc) is 2.58. The molecule has 0 aliphatic heterocycles. The second-order valence-corrected chi connectivity index (χ2v) is 5.76. The standard InChI is InChI=1S/C20H25FO2/c1-3-15-8-6-9-16(14-15)20-17(10-7-11-18(20)21)19(22)12-4-5-13-23-2/h6-11,14,19,22H,3-5,12-13H2,1-2H3. The van der Waals surface area contributed by atoms with Crippen molar-refractivity contribution in [3.63, 3.8) is 0 Å². The van der Waals surface area contributed by atoms with Gasteiger partial charge in [-0.15, -0.1) is 0 Å². The Morgan fingerprint density at radius 3 is 2.65 bits per heavy atom. The summed E-state index contributed by atoms with van der Waals surface area (Å²) >= 11 is 0. The number of rotatable bonds is 8. The quantitative estimate of drug-likeness (QED) is 0.702. The molecule has 2 aromatic carbocycles. The van der Waals surface area contributed by atoms with E-state index in [-0.39, 0.29) is 5.82 Å². The fourth-order valence-electron chi connectivity index (χ4n) is 2.81. The van der Waals surface area contributed by atoms with E-state index in [0.29, 0.717) is 24.2 Å². The van der Waals surface area contributed by atoms with Crippen molar-refractivity contribution < 1.29 is 14.2 Å². The highest BCUT2D eigenvalue weighted by Crippen LogP contribution is 2.33. The molecule has 3 heteroatoms. The molecule has 0 saturated heterocycles. The summed E-state index contributed by atoms with van der Waals surface area (Å²) in [5.41, 5.74) is 3.16. The Hall–Kier alpha value is -1.71. The second-order valence-electron chi connectivity index (χ2n) is 5.76. The maximum absolute atomic E-state index is 14.4. The minimum Gasteiger partial charge on any atom is -0.388 e. The van der Waals surface area contributed by atoms with Crippen LogP contribution in [-0.4, -0.2) is 18.8 Å². The van der Waals surface area contributed by atoms with Crippen LogP contribution in [0.4, 0.5) is 4.39 Å². The van der Waals surface area contributed by atoms with Crippen LogP contribution in [0.15, 0.2) is 42.5 Å². The number of methoxy groups -OCH3 is 1. The van der Waals surface area contributed by atoms with Crippen molar-refractivity contribution in [1.29, 1.82) is 0 Å². The first-order chi connectivity index (χ1) is 11.2. The molecular formula is C20H25FO2. The van der Waals surface area contributed by atoms with Gasteiger partial charge in [0.2, 0.25) is 0 Å². The molecule has 0 bridgehead atoms. The smallest absolute Gasteiger partial charge is 0.131 e. The summed E-state index contributed by atoms with van der Waals surface area (Å²) in [5, 5.41) is 10.5. The van der Waals surface area contributed by atoms with Gasteiger partial charge in [-0.2, -0.15) is 0 Å². The van der Waals surface area contributed by atoms with Crippen LogP contribution < -0.4 is 0 Å². The van der Waals surface area contributed by atoms with Crippen LogP contribution in [0.3, 0.4) is 0 Å². The van der Waals surface area contributed by atoms with E-state index < -0.39 is 6.10 Å². The van der Waals surface area contributed by atoms with Crippen LogP contribution in [0, 0.1) is 5.82 Å². The number of unbranched alkanes of at least 4 members (excludes halogenated alkanes) is 1. The SMILES string of the molecule is CCc1cccc(-c2c(F)cccc2C(O)CCCCOC)c1. The monoisotopic (exact) mass is 316 g/mol. The first kappa shape index (κ1) is 17.6. The van der Waals surface area contributed by atoms with Crippen LogP contribution in [0.25, 0.3) is 11.1 Å². The maximum Gasteiger partial charge on any atom is 0.131 e. The molecule has 0 heterocycles. The Labute approximate surface area is 137 Å². The average molecular weight is 316 g/mol. The van der Waals surface area contributed by atoms with Gasteiger partial charge >= 0.3 is 0 Å². The van der Waals surface area contributed by atoms with Crippen LogP contribution >= 0.6 is 0 Å². The van der Waals surface area contributed by atoms with Crippen molar-refractivity contribution in [2.24, 2.45) is 0 Å². The molecule has 2 nitrogen and oxygen atoms in total. The zero-order chi connectivity index (χ0) is 16.7. The number of aryl methyl sites for hydroxylation is 1. The van der Waals surface area contributed by atoms with E-state index >= 15 is 0 Å². The van der Waals surface area contributed by atoms with Gasteiger partial charge in [0.1, 0.15) is 5.82 Å². The number of aliphatic hydroxyl groups is 1. The Balaban J connectivity index is 2.28. The van der Waals surface area contributed by atoms with Crippen molar-refractivity contribution in [1.82, 2.24) is 0 Å². The van der Waals surface area contributed by atoms with Gasteiger partial charge < -0.3 is 9.84 Å². The lowest BCUT2D eigenvalue weighted by molar-refractivity contribution is 0.151. The number of halogens is 1. The number of hydrogen-bond donors (Lipinski definition) is 1. The fraction of sp³-hybridized carbons (Fsp3) is 0.400. The molecule has 0 radical (unpaired) electrons. The van der Waals surface area contributed by atoms with Crippen LogP contribution in [0.5, 0.6) is 0 Å². The van der Waals surface area contributed by atoms with E-state index in [1.807, 2.05) is 30.3 Å². The van der Waals surface area contributed by atoms with Gasteiger partial charge in [-0.1, -0.05) is 43.3 Å². The van der Waals surface area contributed by atoms with Crippen molar-refractivity contribution in [3.05, 3.63) is 59.4 Å². The van der Waals surface area contributed by atoms with Crippen molar-refractivity contribution in [2.45, 2.75) is 38.7 Å². The number of aliphatic hydroxyl groups excluding tert-OH is 1. The lowest BCUT2D eigenvalue weighted by Crippen LogP contribution is -2.03. The predicted octanol–water partition coefficient (Wildman–Crippen LogP) is 4.91. The zero-order valence-electron chi connectivity index (χ0n) is 13.9. The first-order valence-corrected chi connectivity index (χ1v) is 8.22. The van der Waals surface area contributed by atoms with Gasteiger partial charge in [0, 0.05) is 19.3 Å². The molecular weight excluding hydrogens is 291 g/mol. The Morgan fingerprint density at radius 2 is 1.91 bits per heavy atom. The molecule has 0 aromatic heterocycles. The summed E-state index contributed by atoms with van der Waals surface area (Å²) in [6.07, 6.45) is 2.58. The van der Waals surface area contributed by atoms with E-state index in [4.69, 9.17) is 4.74 Å². The lowest BCUT2D eigenvalue weighted by atomic mass is 9.92. The van der Waals surface area contributed by atoms with Gasteiger partial charge in [-0.3, -0.25) is 0 Å². The molecule has 2 aromatic rings. The van der Waals surface area contributed by atoms with E-state index in [2.05, 4.69) is 6.92 Å². The summed E-state index contributed by atoms with van der Waals surface area (Å²) in [7, 11) is 1.67. The van der Waals surface area contributed by atoms with Crippen molar-refractivity contribution in [3.8, 4) is 11.1 Å². The summed E-state index contributed by atoms with van der Waals surface area (Å²) in [6.45, 7) is 2.76. The Kier molecular flexibility index (Phi) is 6.75. The highest BCUT2D eigenvalue weighted by molar-refractivity contribution is 5.69.